The van der Waals surface area contributed by atoms with Gasteiger partial charge in [-0.2, -0.15) is 0 Å². The van der Waals surface area contributed by atoms with Crippen LogP contribution in [0.3, 0.4) is 0 Å². The van der Waals surface area contributed by atoms with Crippen LogP contribution in [0.5, 0.6) is 0 Å². The monoisotopic (exact) mass is 321 g/mol. The Hall–Kier alpha value is -2.08. The number of thiophene rings is 1. The van der Waals surface area contributed by atoms with Crippen LogP contribution >= 0.6 is 11.3 Å². The normalized spacial score (nSPS) is 12.1. The molecule has 22 heavy (non-hydrogen) atoms. The predicted octanol–water partition coefficient (Wildman–Crippen LogP) is 3.23. The molecule has 0 fully saturated rings. The number of amides is 1. The van der Waals surface area contributed by atoms with Crippen LogP contribution in [0.15, 0.2) is 40.3 Å². The minimum atomic E-state index is -0.801. The fourth-order valence-electron chi connectivity index (χ4n) is 1.92. The molecule has 0 spiro atoms. The summed E-state index contributed by atoms with van der Waals surface area (Å²) >= 11 is 1.29. The summed E-state index contributed by atoms with van der Waals surface area (Å²) in [6, 6.07) is 6.98. The molecule has 0 aliphatic heterocycles. The Balaban J connectivity index is 1.95. The summed E-state index contributed by atoms with van der Waals surface area (Å²) in [4.78, 5) is 24.8. The van der Waals surface area contributed by atoms with Crippen molar-refractivity contribution in [2.75, 3.05) is 0 Å². The highest BCUT2D eigenvalue weighted by molar-refractivity contribution is 7.11. The van der Waals surface area contributed by atoms with Crippen molar-refractivity contribution in [2.45, 2.75) is 32.9 Å². The first kappa shape index (κ1) is 16.3. The number of hydrogen-bond donors (Lipinski definition) is 1. The van der Waals surface area contributed by atoms with E-state index in [0.29, 0.717) is 17.1 Å². The van der Waals surface area contributed by atoms with Gasteiger partial charge in [-0.25, -0.2) is 4.79 Å². The maximum Gasteiger partial charge on any atom is 0.349 e. The maximum atomic E-state index is 12.3. The lowest BCUT2D eigenvalue weighted by Gasteiger charge is -2.18. The summed E-state index contributed by atoms with van der Waals surface area (Å²) in [5.41, 5.74) is 0. The molecule has 0 bridgehead atoms. The maximum absolute atomic E-state index is 12.3. The fraction of sp³-hybridized carbons (Fsp3) is 0.375. The van der Waals surface area contributed by atoms with Gasteiger partial charge in [0, 0.05) is 0 Å². The molecule has 0 unspecified atom stereocenters. The van der Waals surface area contributed by atoms with E-state index in [1.54, 1.807) is 35.9 Å². The topological polar surface area (TPSA) is 68.5 Å². The van der Waals surface area contributed by atoms with Gasteiger partial charge in [-0.3, -0.25) is 4.79 Å². The number of esters is 1. The molecule has 0 radical (unpaired) electrons. The zero-order valence-electron chi connectivity index (χ0n) is 12.6. The Morgan fingerprint density at radius 3 is 2.73 bits per heavy atom. The largest absolute Gasteiger partial charge is 0.467 e. The van der Waals surface area contributed by atoms with E-state index in [2.05, 4.69) is 5.32 Å². The third kappa shape index (κ3) is 4.73. The van der Waals surface area contributed by atoms with Crippen molar-refractivity contribution in [1.29, 1.82) is 0 Å². The van der Waals surface area contributed by atoms with Gasteiger partial charge in [0.05, 0.1) is 12.8 Å². The molecule has 2 rings (SSSR count). The van der Waals surface area contributed by atoms with Gasteiger partial charge < -0.3 is 14.5 Å². The van der Waals surface area contributed by atoms with Gasteiger partial charge in [-0.15, -0.1) is 11.3 Å². The van der Waals surface area contributed by atoms with E-state index < -0.39 is 12.1 Å². The van der Waals surface area contributed by atoms with Crippen molar-refractivity contribution in [3.05, 3.63) is 46.5 Å². The first-order chi connectivity index (χ1) is 10.6. The lowest BCUT2D eigenvalue weighted by Crippen LogP contribution is -2.38. The van der Waals surface area contributed by atoms with Crippen LogP contribution in [0.25, 0.3) is 0 Å². The summed E-state index contributed by atoms with van der Waals surface area (Å²) in [6.07, 6.45) is 1.22. The third-order valence-corrected chi connectivity index (χ3v) is 3.82. The van der Waals surface area contributed by atoms with Gasteiger partial charge in [-0.05, 0) is 35.9 Å². The molecule has 1 N–H and O–H groups in total. The van der Waals surface area contributed by atoms with Gasteiger partial charge in [0.2, 0.25) is 0 Å². The molecule has 0 saturated carbocycles. The molecule has 5 nitrogen and oxygen atoms in total. The molecule has 1 atom stereocenters. The Kier molecular flexibility index (Phi) is 5.77. The molecule has 2 aromatic heterocycles. The number of hydrogen-bond acceptors (Lipinski definition) is 5. The molecule has 0 aliphatic rings. The van der Waals surface area contributed by atoms with Gasteiger partial charge in [0.1, 0.15) is 10.6 Å². The Labute approximate surface area is 133 Å². The molecular weight excluding hydrogens is 302 g/mol. The minimum absolute atomic E-state index is 0.232. The molecule has 0 aromatic carbocycles. The lowest BCUT2D eigenvalue weighted by atomic mass is 10.1. The minimum Gasteiger partial charge on any atom is -0.467 e. The van der Waals surface area contributed by atoms with Crippen LogP contribution < -0.4 is 5.32 Å². The molecule has 2 heterocycles. The molecule has 0 saturated heterocycles. The summed E-state index contributed by atoms with van der Waals surface area (Å²) < 4.78 is 10.5. The number of ether oxygens (including phenoxy) is 1. The smallest absolute Gasteiger partial charge is 0.349 e. The van der Waals surface area contributed by atoms with Crippen molar-refractivity contribution in [1.82, 2.24) is 5.32 Å². The molecular formula is C16H19NO4S. The average molecular weight is 321 g/mol. The lowest BCUT2D eigenvalue weighted by molar-refractivity contribution is -0.131. The summed E-state index contributed by atoms with van der Waals surface area (Å²) in [5, 5.41) is 4.53. The second-order valence-corrected chi connectivity index (χ2v) is 6.25. The number of nitrogens with one attached hydrogen (secondary N) is 1. The van der Waals surface area contributed by atoms with Crippen molar-refractivity contribution >= 4 is 23.2 Å². The average Bonchev–Trinajstić information content (AvgIpc) is 3.16. The highest BCUT2D eigenvalue weighted by Crippen LogP contribution is 2.15. The molecule has 2 aromatic rings. The van der Waals surface area contributed by atoms with Crippen molar-refractivity contribution < 1.29 is 18.7 Å². The standard InChI is InChI=1S/C16H19NO4S/c1-11(2)9-13(21-16(19)14-6-4-8-22-14)15(18)17-10-12-5-3-7-20-12/h3-8,11,13H,9-10H2,1-2H3,(H,17,18)/t13-/m0/s1. The van der Waals surface area contributed by atoms with Gasteiger partial charge >= 0.3 is 5.97 Å². The Bertz CT molecular complexity index is 590. The SMILES string of the molecule is CC(C)C[C@H](OC(=O)c1cccs1)C(=O)NCc1ccco1. The van der Waals surface area contributed by atoms with Crippen molar-refractivity contribution in [2.24, 2.45) is 5.92 Å². The van der Waals surface area contributed by atoms with E-state index in [4.69, 9.17) is 9.15 Å². The molecule has 118 valence electrons. The summed E-state index contributed by atoms with van der Waals surface area (Å²) in [6.45, 7) is 4.23. The van der Waals surface area contributed by atoms with Crippen LogP contribution in [0.1, 0.15) is 35.7 Å². The first-order valence-electron chi connectivity index (χ1n) is 7.11. The predicted molar refractivity (Wildman–Crippen MR) is 83.5 cm³/mol. The van der Waals surface area contributed by atoms with Crippen LogP contribution in [-0.4, -0.2) is 18.0 Å². The number of rotatable bonds is 7. The Morgan fingerprint density at radius 2 is 2.14 bits per heavy atom. The Morgan fingerprint density at radius 1 is 1.32 bits per heavy atom. The van der Waals surface area contributed by atoms with E-state index in [0.717, 1.165) is 0 Å². The van der Waals surface area contributed by atoms with E-state index in [1.807, 2.05) is 13.8 Å². The van der Waals surface area contributed by atoms with E-state index in [1.165, 1.54) is 11.3 Å². The molecule has 0 aliphatic carbocycles. The zero-order valence-corrected chi connectivity index (χ0v) is 13.4. The van der Waals surface area contributed by atoms with Crippen LogP contribution in [-0.2, 0) is 16.1 Å². The van der Waals surface area contributed by atoms with Gasteiger partial charge in [0.25, 0.3) is 5.91 Å². The molecule has 1 amide bonds. The number of furan rings is 1. The first-order valence-corrected chi connectivity index (χ1v) is 7.99. The summed E-state index contributed by atoms with van der Waals surface area (Å²) in [7, 11) is 0. The van der Waals surface area contributed by atoms with Crippen LogP contribution in [0, 0.1) is 5.92 Å². The van der Waals surface area contributed by atoms with Gasteiger partial charge in [0.15, 0.2) is 6.10 Å². The van der Waals surface area contributed by atoms with Crippen molar-refractivity contribution in [3.63, 3.8) is 0 Å². The van der Waals surface area contributed by atoms with E-state index in [-0.39, 0.29) is 18.4 Å². The number of carbonyl (C=O) groups excluding carboxylic acids is 2. The fourth-order valence-corrected chi connectivity index (χ4v) is 2.53. The second-order valence-electron chi connectivity index (χ2n) is 5.30. The third-order valence-electron chi connectivity index (χ3n) is 2.97. The highest BCUT2D eigenvalue weighted by atomic mass is 32.1. The van der Waals surface area contributed by atoms with Crippen molar-refractivity contribution in [3.8, 4) is 0 Å². The van der Waals surface area contributed by atoms with E-state index >= 15 is 0 Å². The van der Waals surface area contributed by atoms with E-state index in [9.17, 15) is 9.59 Å². The van der Waals surface area contributed by atoms with Gasteiger partial charge in [-0.1, -0.05) is 19.9 Å². The molecule has 6 heteroatoms. The number of carbonyl (C=O) groups is 2. The highest BCUT2D eigenvalue weighted by Gasteiger charge is 2.25. The van der Waals surface area contributed by atoms with Crippen LogP contribution in [0.2, 0.25) is 0 Å². The van der Waals surface area contributed by atoms with Crippen LogP contribution in [0.4, 0.5) is 0 Å². The quantitative estimate of drug-likeness (QED) is 0.795. The zero-order chi connectivity index (χ0) is 15.9. The summed E-state index contributed by atoms with van der Waals surface area (Å²) in [5.74, 6) is 0.112. The second kappa shape index (κ2) is 7.79.